The molecule has 0 radical (unpaired) electrons. The van der Waals surface area contributed by atoms with E-state index in [1.807, 2.05) is 0 Å². The molecule has 3 N–H and O–H groups in total. The zero-order chi connectivity index (χ0) is 19.0. The average Bonchev–Trinajstić information content (AvgIpc) is 3.05. The molecule has 2 heterocycles. The van der Waals surface area contributed by atoms with Crippen LogP contribution in [0.25, 0.3) is 15.9 Å². The number of fused-ring (bicyclic) bond motifs is 3. The van der Waals surface area contributed by atoms with E-state index in [1.54, 1.807) is 40.2 Å². The van der Waals surface area contributed by atoms with Gasteiger partial charge in [0.25, 0.3) is 5.56 Å². The van der Waals surface area contributed by atoms with Crippen molar-refractivity contribution in [2.75, 3.05) is 5.75 Å². The number of hydrogen-bond donors (Lipinski definition) is 2. The average molecular weight is 421 g/mol. The van der Waals surface area contributed by atoms with Gasteiger partial charge in [-0.25, -0.2) is 10.8 Å². The molecule has 0 bridgehead atoms. The first-order valence-electron chi connectivity index (χ1n) is 8.54. The van der Waals surface area contributed by atoms with Gasteiger partial charge in [0.05, 0.1) is 16.8 Å². The van der Waals surface area contributed by atoms with Crippen molar-refractivity contribution in [1.29, 1.82) is 0 Å². The van der Waals surface area contributed by atoms with Crippen LogP contribution >= 0.6 is 34.7 Å². The van der Waals surface area contributed by atoms with Gasteiger partial charge in [-0.15, -0.1) is 11.3 Å². The number of nitrogens with one attached hydrogen (secondary N) is 1. The molecule has 1 amide bonds. The Morgan fingerprint density at radius 2 is 2.04 bits per heavy atom. The Morgan fingerprint density at radius 1 is 1.30 bits per heavy atom. The van der Waals surface area contributed by atoms with Crippen LogP contribution in [0, 0.1) is 0 Å². The molecular weight excluding hydrogens is 404 g/mol. The van der Waals surface area contributed by atoms with E-state index in [1.165, 1.54) is 16.6 Å². The van der Waals surface area contributed by atoms with Crippen LogP contribution in [0.15, 0.2) is 34.2 Å². The zero-order valence-corrected chi connectivity index (χ0v) is 16.7. The van der Waals surface area contributed by atoms with Crippen LogP contribution in [0.1, 0.15) is 23.3 Å². The molecule has 0 aliphatic heterocycles. The number of nitrogens with zero attached hydrogens (tertiary/aromatic N) is 2. The van der Waals surface area contributed by atoms with Gasteiger partial charge >= 0.3 is 0 Å². The molecule has 1 aliphatic rings. The Kier molecular flexibility index (Phi) is 5.23. The largest absolute Gasteiger partial charge is 0.294 e. The van der Waals surface area contributed by atoms with Crippen LogP contribution in [-0.4, -0.2) is 21.2 Å². The summed E-state index contributed by atoms with van der Waals surface area (Å²) in [7, 11) is 0. The molecule has 0 unspecified atom stereocenters. The second-order valence-corrected chi connectivity index (χ2v) is 8.72. The number of carbonyl (C=O) groups excluding carboxylic acids is 1. The van der Waals surface area contributed by atoms with Crippen molar-refractivity contribution < 1.29 is 4.79 Å². The van der Waals surface area contributed by atoms with E-state index < -0.39 is 0 Å². The third-order valence-electron chi connectivity index (χ3n) is 4.54. The van der Waals surface area contributed by atoms with Crippen molar-refractivity contribution in [3.63, 3.8) is 0 Å². The lowest BCUT2D eigenvalue weighted by Crippen LogP contribution is -2.32. The lowest BCUT2D eigenvalue weighted by molar-refractivity contribution is -0.118. The molecule has 4 rings (SSSR count). The number of aromatic nitrogens is 2. The van der Waals surface area contributed by atoms with Crippen molar-refractivity contribution in [3.8, 4) is 5.69 Å². The first-order valence-corrected chi connectivity index (χ1v) is 10.7. The van der Waals surface area contributed by atoms with E-state index in [0.29, 0.717) is 21.3 Å². The van der Waals surface area contributed by atoms with Gasteiger partial charge in [0, 0.05) is 9.90 Å². The molecule has 1 aliphatic carbocycles. The van der Waals surface area contributed by atoms with Gasteiger partial charge in [-0.05, 0) is 55.5 Å². The third kappa shape index (κ3) is 3.50. The normalized spacial score (nSPS) is 13.6. The Bertz CT molecular complexity index is 1080. The van der Waals surface area contributed by atoms with Crippen LogP contribution < -0.4 is 16.8 Å². The number of rotatable bonds is 4. The highest BCUT2D eigenvalue weighted by Gasteiger charge is 2.23. The minimum atomic E-state index is -0.331. The number of halogens is 1. The molecule has 2 aromatic heterocycles. The van der Waals surface area contributed by atoms with E-state index in [9.17, 15) is 9.59 Å². The number of carbonyl (C=O) groups is 1. The van der Waals surface area contributed by atoms with Gasteiger partial charge < -0.3 is 0 Å². The SMILES string of the molecule is NNC(=O)CSc1nc2sc3c(c2c(=O)n1-c1ccc(Cl)cc1)CCCC3. The fraction of sp³-hybridized carbons (Fsp3) is 0.278. The van der Waals surface area contributed by atoms with Gasteiger partial charge in [-0.2, -0.15) is 0 Å². The summed E-state index contributed by atoms with van der Waals surface area (Å²) in [5, 5.41) is 1.76. The summed E-state index contributed by atoms with van der Waals surface area (Å²) in [6, 6.07) is 7.03. The molecule has 3 aromatic rings. The standard InChI is InChI=1S/C18H17ClN4O2S2/c19-10-5-7-11(8-6-10)23-17(25)15-12-3-1-2-4-13(12)27-16(15)21-18(23)26-9-14(24)22-20/h5-8H,1-4,9,20H2,(H,22,24). The maximum Gasteiger partial charge on any atom is 0.267 e. The second-order valence-electron chi connectivity index (χ2n) is 6.26. The van der Waals surface area contributed by atoms with E-state index >= 15 is 0 Å². The predicted molar refractivity (Wildman–Crippen MR) is 110 cm³/mol. The summed E-state index contributed by atoms with van der Waals surface area (Å²) in [5.74, 6) is 4.92. The molecule has 9 heteroatoms. The van der Waals surface area contributed by atoms with Crippen molar-refractivity contribution in [2.45, 2.75) is 30.8 Å². The Hall–Kier alpha value is -1.87. The molecule has 1 aromatic carbocycles. The molecule has 0 fully saturated rings. The van der Waals surface area contributed by atoms with E-state index in [4.69, 9.17) is 22.4 Å². The van der Waals surface area contributed by atoms with Gasteiger partial charge in [0.2, 0.25) is 5.91 Å². The minimum Gasteiger partial charge on any atom is -0.294 e. The minimum absolute atomic E-state index is 0.0765. The number of aryl methyl sites for hydroxylation is 2. The fourth-order valence-corrected chi connectivity index (χ4v) is 5.53. The molecule has 0 saturated heterocycles. The number of hydrazine groups is 1. The summed E-state index contributed by atoms with van der Waals surface area (Å²) in [6.07, 6.45) is 4.14. The highest BCUT2D eigenvalue weighted by atomic mass is 35.5. The lowest BCUT2D eigenvalue weighted by Gasteiger charge is -2.13. The predicted octanol–water partition coefficient (Wildman–Crippen LogP) is 3.06. The number of thioether (sulfide) groups is 1. The smallest absolute Gasteiger partial charge is 0.267 e. The second kappa shape index (κ2) is 7.63. The number of benzene rings is 1. The Labute approximate surface area is 168 Å². The van der Waals surface area contributed by atoms with Gasteiger partial charge in [0.1, 0.15) is 4.83 Å². The highest BCUT2D eigenvalue weighted by molar-refractivity contribution is 7.99. The van der Waals surface area contributed by atoms with Crippen LogP contribution in [0.5, 0.6) is 0 Å². The Balaban J connectivity index is 1.93. The lowest BCUT2D eigenvalue weighted by atomic mass is 9.97. The quantitative estimate of drug-likeness (QED) is 0.222. The van der Waals surface area contributed by atoms with Crippen molar-refractivity contribution in [2.24, 2.45) is 5.84 Å². The molecule has 140 valence electrons. The molecule has 6 nitrogen and oxygen atoms in total. The van der Waals surface area contributed by atoms with E-state index in [-0.39, 0.29) is 17.2 Å². The van der Waals surface area contributed by atoms with Crippen molar-refractivity contribution >= 4 is 50.8 Å². The van der Waals surface area contributed by atoms with Crippen LogP contribution in [0.3, 0.4) is 0 Å². The van der Waals surface area contributed by atoms with Crippen molar-refractivity contribution in [3.05, 3.63) is 50.1 Å². The molecule has 0 spiro atoms. The maximum atomic E-state index is 13.4. The number of hydrogen-bond acceptors (Lipinski definition) is 6. The number of amides is 1. The molecular formula is C18H17ClN4O2S2. The first kappa shape index (κ1) is 18.5. The highest BCUT2D eigenvalue weighted by Crippen LogP contribution is 2.35. The summed E-state index contributed by atoms with van der Waals surface area (Å²) in [6.45, 7) is 0. The summed E-state index contributed by atoms with van der Waals surface area (Å²) in [5.41, 5.74) is 3.81. The molecule has 0 saturated carbocycles. The van der Waals surface area contributed by atoms with Gasteiger partial charge in [-0.3, -0.25) is 19.6 Å². The van der Waals surface area contributed by atoms with Gasteiger partial charge in [-0.1, -0.05) is 23.4 Å². The summed E-state index contributed by atoms with van der Waals surface area (Å²) >= 11 is 8.78. The summed E-state index contributed by atoms with van der Waals surface area (Å²) in [4.78, 5) is 31.8. The van der Waals surface area contributed by atoms with Gasteiger partial charge in [0.15, 0.2) is 5.16 Å². The van der Waals surface area contributed by atoms with E-state index in [0.717, 1.165) is 36.1 Å². The first-order chi connectivity index (χ1) is 13.1. The number of nitrogens with two attached hydrogens (primary N) is 1. The molecule has 27 heavy (non-hydrogen) atoms. The Morgan fingerprint density at radius 3 is 2.78 bits per heavy atom. The van der Waals surface area contributed by atoms with Crippen molar-refractivity contribution in [1.82, 2.24) is 15.0 Å². The topological polar surface area (TPSA) is 90.0 Å². The summed E-state index contributed by atoms with van der Waals surface area (Å²) < 4.78 is 1.56. The van der Waals surface area contributed by atoms with Crippen LogP contribution in [0.2, 0.25) is 5.02 Å². The van der Waals surface area contributed by atoms with E-state index in [2.05, 4.69) is 5.43 Å². The monoisotopic (exact) mass is 420 g/mol. The van der Waals surface area contributed by atoms with Crippen LogP contribution in [-0.2, 0) is 17.6 Å². The number of thiophene rings is 1. The maximum absolute atomic E-state index is 13.4. The third-order valence-corrected chi connectivity index (χ3v) is 6.91. The fourth-order valence-electron chi connectivity index (χ4n) is 3.27. The molecule has 0 atom stereocenters. The van der Waals surface area contributed by atoms with Crippen LogP contribution in [0.4, 0.5) is 0 Å². The zero-order valence-electron chi connectivity index (χ0n) is 14.3.